The first-order chi connectivity index (χ1) is 8.15. The maximum absolute atomic E-state index is 9.68. The van der Waals surface area contributed by atoms with Crippen molar-refractivity contribution in [2.24, 2.45) is 5.41 Å². The number of hydrogen-bond acceptors (Lipinski definition) is 2. The van der Waals surface area contributed by atoms with E-state index in [-0.39, 0.29) is 12.0 Å². The van der Waals surface area contributed by atoms with Crippen LogP contribution in [0.5, 0.6) is 0 Å². The zero-order chi connectivity index (χ0) is 12.3. The molecule has 1 aromatic rings. The van der Waals surface area contributed by atoms with E-state index in [1.54, 1.807) is 0 Å². The molecule has 0 bridgehead atoms. The molecule has 1 heterocycles. The van der Waals surface area contributed by atoms with E-state index in [1.807, 2.05) is 0 Å². The molecule has 1 aliphatic rings. The molecule has 0 saturated carbocycles. The molecule has 1 fully saturated rings. The number of ether oxygens (including phenoxy) is 1. The Morgan fingerprint density at radius 3 is 2.82 bits per heavy atom. The van der Waals surface area contributed by atoms with Crippen molar-refractivity contribution < 1.29 is 9.84 Å². The van der Waals surface area contributed by atoms with Crippen LogP contribution in [0, 0.1) is 19.3 Å². The summed E-state index contributed by atoms with van der Waals surface area (Å²) in [6.07, 6.45) is 3.05. The Morgan fingerprint density at radius 2 is 2.18 bits per heavy atom. The maximum Gasteiger partial charge on any atom is 0.0547 e. The molecule has 94 valence electrons. The molecule has 0 aliphatic carbocycles. The minimum atomic E-state index is -0.0587. The fourth-order valence-electron chi connectivity index (χ4n) is 2.62. The largest absolute Gasteiger partial charge is 0.396 e. The maximum atomic E-state index is 9.68. The van der Waals surface area contributed by atoms with Crippen molar-refractivity contribution >= 4 is 0 Å². The molecule has 0 amide bonds. The monoisotopic (exact) mass is 234 g/mol. The Bertz CT molecular complexity index is 379. The van der Waals surface area contributed by atoms with Crippen LogP contribution in [-0.2, 0) is 11.2 Å². The highest BCUT2D eigenvalue weighted by atomic mass is 16.5. The number of aliphatic hydroxyl groups excluding tert-OH is 1. The highest BCUT2D eigenvalue weighted by molar-refractivity contribution is 5.31. The van der Waals surface area contributed by atoms with Gasteiger partial charge in [-0.05, 0) is 44.2 Å². The zero-order valence-corrected chi connectivity index (χ0v) is 10.8. The minimum Gasteiger partial charge on any atom is -0.396 e. The number of aryl methyl sites for hydroxylation is 2. The number of hydrogen-bond donors (Lipinski definition) is 1. The Labute approximate surface area is 104 Å². The zero-order valence-electron chi connectivity index (χ0n) is 10.8. The molecule has 0 aromatic heterocycles. The van der Waals surface area contributed by atoms with Crippen LogP contribution in [0.4, 0.5) is 0 Å². The smallest absolute Gasteiger partial charge is 0.0547 e. The first-order valence-electron chi connectivity index (χ1n) is 6.40. The molecule has 1 aromatic carbocycles. The van der Waals surface area contributed by atoms with E-state index >= 15 is 0 Å². The summed E-state index contributed by atoms with van der Waals surface area (Å²) in [6.45, 7) is 6.02. The van der Waals surface area contributed by atoms with E-state index in [9.17, 15) is 5.11 Å². The van der Waals surface area contributed by atoms with Gasteiger partial charge in [-0.1, -0.05) is 23.8 Å². The van der Waals surface area contributed by atoms with E-state index in [0.717, 1.165) is 25.9 Å². The Kier molecular flexibility index (Phi) is 3.85. The van der Waals surface area contributed by atoms with Gasteiger partial charge in [-0.3, -0.25) is 0 Å². The molecule has 1 saturated heterocycles. The molecule has 0 spiro atoms. The lowest BCUT2D eigenvalue weighted by Crippen LogP contribution is -2.37. The third-order valence-electron chi connectivity index (χ3n) is 3.81. The van der Waals surface area contributed by atoms with Gasteiger partial charge in [-0.15, -0.1) is 0 Å². The molecule has 2 rings (SSSR count). The fraction of sp³-hybridized carbons (Fsp3) is 0.600. The fourth-order valence-corrected chi connectivity index (χ4v) is 2.62. The van der Waals surface area contributed by atoms with Crippen LogP contribution in [0.1, 0.15) is 29.5 Å². The van der Waals surface area contributed by atoms with E-state index in [0.29, 0.717) is 6.61 Å². The lowest BCUT2D eigenvalue weighted by Gasteiger charge is -2.36. The summed E-state index contributed by atoms with van der Waals surface area (Å²) < 4.78 is 5.56. The standard InChI is InChI=1S/C15H22O2/c1-12-4-5-13(2)14(8-12)9-15(10-16)6-3-7-17-11-15/h4-5,8,16H,3,6-7,9-11H2,1-2H3. The van der Waals surface area contributed by atoms with Crippen LogP contribution in [0.2, 0.25) is 0 Å². The van der Waals surface area contributed by atoms with Crippen LogP contribution >= 0.6 is 0 Å². The van der Waals surface area contributed by atoms with Crippen LogP contribution in [-0.4, -0.2) is 24.9 Å². The molecule has 2 nitrogen and oxygen atoms in total. The van der Waals surface area contributed by atoms with Crippen LogP contribution in [0.25, 0.3) is 0 Å². The summed E-state index contributed by atoms with van der Waals surface area (Å²) in [6, 6.07) is 6.54. The van der Waals surface area contributed by atoms with Crippen molar-refractivity contribution in [1.82, 2.24) is 0 Å². The molecule has 1 unspecified atom stereocenters. The lowest BCUT2D eigenvalue weighted by atomic mass is 9.77. The predicted molar refractivity (Wildman–Crippen MR) is 69.2 cm³/mol. The quantitative estimate of drug-likeness (QED) is 0.871. The second-order valence-electron chi connectivity index (χ2n) is 5.42. The second kappa shape index (κ2) is 5.19. The second-order valence-corrected chi connectivity index (χ2v) is 5.42. The van der Waals surface area contributed by atoms with Crippen LogP contribution < -0.4 is 0 Å². The van der Waals surface area contributed by atoms with Crippen molar-refractivity contribution in [2.75, 3.05) is 19.8 Å². The van der Waals surface area contributed by atoms with Gasteiger partial charge in [0.15, 0.2) is 0 Å². The first-order valence-corrected chi connectivity index (χ1v) is 6.40. The molecule has 2 heteroatoms. The molecular weight excluding hydrogens is 212 g/mol. The molecular formula is C15H22O2. The Morgan fingerprint density at radius 1 is 1.35 bits per heavy atom. The normalized spacial score (nSPS) is 24.9. The van der Waals surface area contributed by atoms with Crippen LogP contribution in [0.3, 0.4) is 0 Å². The number of rotatable bonds is 3. The number of benzene rings is 1. The third kappa shape index (κ3) is 2.88. The predicted octanol–water partition coefficient (Wildman–Crippen LogP) is 2.64. The molecule has 1 atom stereocenters. The van der Waals surface area contributed by atoms with Gasteiger partial charge in [0, 0.05) is 12.0 Å². The van der Waals surface area contributed by atoms with E-state index in [1.165, 1.54) is 16.7 Å². The lowest BCUT2D eigenvalue weighted by molar-refractivity contribution is -0.0379. The Hall–Kier alpha value is -0.860. The van der Waals surface area contributed by atoms with Gasteiger partial charge in [0.25, 0.3) is 0 Å². The average molecular weight is 234 g/mol. The van der Waals surface area contributed by atoms with Gasteiger partial charge < -0.3 is 9.84 Å². The highest BCUT2D eigenvalue weighted by Crippen LogP contribution is 2.33. The highest BCUT2D eigenvalue weighted by Gasteiger charge is 2.32. The van der Waals surface area contributed by atoms with E-state index in [2.05, 4.69) is 32.0 Å². The summed E-state index contributed by atoms with van der Waals surface area (Å²) in [4.78, 5) is 0. The Balaban J connectivity index is 2.20. The molecule has 17 heavy (non-hydrogen) atoms. The van der Waals surface area contributed by atoms with Gasteiger partial charge in [-0.25, -0.2) is 0 Å². The van der Waals surface area contributed by atoms with Crippen molar-refractivity contribution in [3.63, 3.8) is 0 Å². The first kappa shape index (κ1) is 12.6. The third-order valence-corrected chi connectivity index (χ3v) is 3.81. The van der Waals surface area contributed by atoms with Crippen molar-refractivity contribution in [3.05, 3.63) is 34.9 Å². The van der Waals surface area contributed by atoms with Gasteiger partial charge in [0.2, 0.25) is 0 Å². The summed E-state index contributed by atoms with van der Waals surface area (Å²) in [5, 5.41) is 9.68. The molecule has 0 radical (unpaired) electrons. The van der Waals surface area contributed by atoms with Gasteiger partial charge >= 0.3 is 0 Å². The van der Waals surface area contributed by atoms with Crippen LogP contribution in [0.15, 0.2) is 18.2 Å². The minimum absolute atomic E-state index is 0.0587. The topological polar surface area (TPSA) is 29.5 Å². The van der Waals surface area contributed by atoms with E-state index < -0.39 is 0 Å². The SMILES string of the molecule is Cc1ccc(C)c(CC2(CO)CCCOC2)c1. The molecule has 1 aliphatic heterocycles. The summed E-state index contributed by atoms with van der Waals surface area (Å²) in [5.74, 6) is 0. The average Bonchev–Trinajstić information content (AvgIpc) is 2.35. The van der Waals surface area contributed by atoms with E-state index in [4.69, 9.17) is 4.74 Å². The van der Waals surface area contributed by atoms with Gasteiger partial charge in [0.05, 0.1) is 13.2 Å². The van der Waals surface area contributed by atoms with Crippen molar-refractivity contribution in [2.45, 2.75) is 33.1 Å². The molecule has 1 N–H and O–H groups in total. The van der Waals surface area contributed by atoms with Gasteiger partial charge in [0.1, 0.15) is 0 Å². The van der Waals surface area contributed by atoms with Crippen molar-refractivity contribution in [1.29, 1.82) is 0 Å². The summed E-state index contributed by atoms with van der Waals surface area (Å²) >= 11 is 0. The number of aliphatic hydroxyl groups is 1. The van der Waals surface area contributed by atoms with Crippen molar-refractivity contribution in [3.8, 4) is 0 Å². The summed E-state index contributed by atoms with van der Waals surface area (Å²) in [5.41, 5.74) is 3.89. The van der Waals surface area contributed by atoms with Gasteiger partial charge in [-0.2, -0.15) is 0 Å². The summed E-state index contributed by atoms with van der Waals surface area (Å²) in [7, 11) is 0.